The second kappa shape index (κ2) is 6.19. The maximum absolute atomic E-state index is 13.7. The van der Waals surface area contributed by atoms with Crippen molar-refractivity contribution in [2.24, 2.45) is 0 Å². The van der Waals surface area contributed by atoms with Crippen LogP contribution in [0.2, 0.25) is 0 Å². The third kappa shape index (κ3) is 2.88. The van der Waals surface area contributed by atoms with Crippen LogP contribution in [-0.4, -0.2) is 15.8 Å². The van der Waals surface area contributed by atoms with E-state index in [4.69, 9.17) is 9.84 Å². The fraction of sp³-hybridized carbons (Fsp3) is 0.0952. The van der Waals surface area contributed by atoms with Crippen LogP contribution in [0.5, 0.6) is 5.88 Å². The summed E-state index contributed by atoms with van der Waals surface area (Å²) in [5.74, 6) is -0.0635. The molecule has 3 aromatic carbocycles. The smallest absolute Gasteiger partial charge is 0.449 e. The molecule has 130 valence electrons. The summed E-state index contributed by atoms with van der Waals surface area (Å²) in [7, 11) is 0. The van der Waals surface area contributed by atoms with Gasteiger partial charge in [0, 0.05) is 11.5 Å². The normalized spacial score (nSPS) is 11.2. The molecule has 0 radical (unpaired) electrons. The first-order valence-electron chi connectivity index (χ1n) is 8.19. The second-order valence-electron chi connectivity index (χ2n) is 6.28. The van der Waals surface area contributed by atoms with Crippen molar-refractivity contribution < 1.29 is 19.0 Å². The summed E-state index contributed by atoms with van der Waals surface area (Å²) in [6.45, 7) is 2.35. The van der Waals surface area contributed by atoms with E-state index in [1.165, 1.54) is 12.1 Å². The van der Waals surface area contributed by atoms with Crippen molar-refractivity contribution in [1.29, 1.82) is 0 Å². The van der Waals surface area contributed by atoms with Gasteiger partial charge in [-0.1, -0.05) is 35.9 Å². The Bertz CT molecular complexity index is 1150. The lowest BCUT2D eigenvalue weighted by Gasteiger charge is -2.12. The first kappa shape index (κ1) is 16.1. The number of hydrogen-bond acceptors (Lipinski definition) is 2. The highest BCUT2D eigenvalue weighted by atomic mass is 19.1. The molecule has 1 N–H and O–H groups in total. The number of nitrogens with zero attached hydrogens (tertiary/aromatic N) is 1. The summed E-state index contributed by atoms with van der Waals surface area (Å²) in [5, 5.41) is 11.7. The number of aromatic nitrogens is 1. The minimum absolute atomic E-state index is 0.242. The number of fused-ring (bicyclic) bond motifs is 2. The Morgan fingerprint density at radius 3 is 2.73 bits per heavy atom. The number of rotatable bonds is 3. The van der Waals surface area contributed by atoms with Crippen molar-refractivity contribution in [2.45, 2.75) is 13.5 Å². The van der Waals surface area contributed by atoms with E-state index in [1.807, 2.05) is 43.3 Å². The Morgan fingerprint density at radius 1 is 1.08 bits per heavy atom. The van der Waals surface area contributed by atoms with Crippen LogP contribution in [0.4, 0.5) is 9.18 Å². The molecule has 0 spiro atoms. The molecule has 0 unspecified atom stereocenters. The molecule has 4 nitrogen and oxygen atoms in total. The van der Waals surface area contributed by atoms with Gasteiger partial charge in [-0.3, -0.25) is 0 Å². The Kier molecular flexibility index (Phi) is 3.84. The number of halogens is 1. The molecule has 0 saturated heterocycles. The quantitative estimate of drug-likeness (QED) is 0.508. The summed E-state index contributed by atoms with van der Waals surface area (Å²) in [6, 6.07) is 18.0. The predicted molar refractivity (Wildman–Crippen MR) is 98.3 cm³/mol. The highest BCUT2D eigenvalue weighted by Gasteiger charge is 2.14. The number of carbonyl (C=O) groups is 1. The van der Waals surface area contributed by atoms with Crippen LogP contribution in [0.3, 0.4) is 0 Å². The largest absolute Gasteiger partial charge is 0.512 e. The average molecular weight is 349 g/mol. The summed E-state index contributed by atoms with van der Waals surface area (Å²) >= 11 is 0. The Morgan fingerprint density at radius 2 is 1.92 bits per heavy atom. The van der Waals surface area contributed by atoms with Crippen molar-refractivity contribution in [3.63, 3.8) is 0 Å². The average Bonchev–Trinajstić information content (AvgIpc) is 2.91. The first-order valence-corrected chi connectivity index (χ1v) is 8.19. The fourth-order valence-corrected chi connectivity index (χ4v) is 3.32. The maximum Gasteiger partial charge on any atom is 0.512 e. The van der Waals surface area contributed by atoms with E-state index in [-0.39, 0.29) is 11.7 Å². The molecule has 0 aliphatic carbocycles. The van der Waals surface area contributed by atoms with Crippen molar-refractivity contribution in [3.8, 4) is 5.88 Å². The first-order chi connectivity index (χ1) is 12.5. The molecular weight excluding hydrogens is 333 g/mol. The van der Waals surface area contributed by atoms with Crippen LogP contribution in [0.25, 0.3) is 21.7 Å². The molecule has 0 aliphatic rings. The second-order valence-corrected chi connectivity index (χ2v) is 6.28. The summed E-state index contributed by atoms with van der Waals surface area (Å²) in [6.07, 6.45) is -1.37. The molecule has 0 fully saturated rings. The summed E-state index contributed by atoms with van der Waals surface area (Å²) < 4.78 is 20.5. The van der Waals surface area contributed by atoms with Crippen LogP contribution in [0.15, 0.2) is 60.7 Å². The van der Waals surface area contributed by atoms with Crippen LogP contribution in [-0.2, 0) is 6.54 Å². The fourth-order valence-electron chi connectivity index (χ4n) is 3.32. The zero-order valence-electron chi connectivity index (χ0n) is 14.1. The van der Waals surface area contributed by atoms with Gasteiger partial charge in [-0.25, -0.2) is 9.18 Å². The van der Waals surface area contributed by atoms with Crippen LogP contribution in [0.1, 0.15) is 11.1 Å². The third-order valence-electron chi connectivity index (χ3n) is 4.47. The number of benzene rings is 3. The highest BCUT2D eigenvalue weighted by molar-refractivity contribution is 5.87. The van der Waals surface area contributed by atoms with Crippen molar-refractivity contribution in [3.05, 3.63) is 77.6 Å². The minimum atomic E-state index is -1.37. The van der Waals surface area contributed by atoms with E-state index >= 15 is 0 Å². The van der Waals surface area contributed by atoms with Gasteiger partial charge >= 0.3 is 6.16 Å². The zero-order chi connectivity index (χ0) is 18.3. The number of hydrogen-bond donors (Lipinski definition) is 1. The highest BCUT2D eigenvalue weighted by Crippen LogP contribution is 2.29. The molecule has 0 saturated carbocycles. The lowest BCUT2D eigenvalue weighted by molar-refractivity contribution is 0.141. The number of ether oxygens (including phenoxy) is 1. The Labute approximate surface area is 149 Å². The molecule has 4 aromatic rings. The van der Waals surface area contributed by atoms with Gasteiger partial charge in [0.15, 0.2) is 0 Å². The Hall–Kier alpha value is -3.34. The molecule has 0 bridgehead atoms. The Balaban J connectivity index is 1.89. The van der Waals surface area contributed by atoms with Crippen LogP contribution < -0.4 is 4.74 Å². The molecule has 0 amide bonds. The molecule has 0 atom stereocenters. The van der Waals surface area contributed by atoms with Gasteiger partial charge in [0.2, 0.25) is 5.88 Å². The van der Waals surface area contributed by atoms with E-state index in [9.17, 15) is 9.18 Å². The van der Waals surface area contributed by atoms with Crippen LogP contribution >= 0.6 is 0 Å². The van der Waals surface area contributed by atoms with Gasteiger partial charge in [-0.2, -0.15) is 0 Å². The molecular formula is C21H16FNO3. The molecule has 5 heteroatoms. The summed E-state index contributed by atoms with van der Waals surface area (Å²) in [4.78, 5) is 11.1. The van der Waals surface area contributed by atoms with Gasteiger partial charge in [-0.05, 0) is 47.5 Å². The topological polar surface area (TPSA) is 51.5 Å². The van der Waals surface area contributed by atoms with Gasteiger partial charge in [-0.15, -0.1) is 0 Å². The standard InChI is InChI=1S/C21H16FNO3/c1-13-5-8-19-16(9-13)10-20(26-21(24)25)23(19)12-15-4-2-3-14-6-7-17(22)11-18(14)15/h2-11H,12H2,1H3,(H,24,25). The van der Waals surface area contributed by atoms with E-state index in [0.29, 0.717) is 6.54 Å². The van der Waals surface area contributed by atoms with Crippen molar-refractivity contribution in [1.82, 2.24) is 4.57 Å². The molecule has 26 heavy (non-hydrogen) atoms. The van der Waals surface area contributed by atoms with E-state index in [1.54, 1.807) is 16.7 Å². The van der Waals surface area contributed by atoms with Gasteiger partial charge < -0.3 is 14.4 Å². The number of aryl methyl sites for hydroxylation is 1. The molecule has 1 heterocycles. The van der Waals surface area contributed by atoms with Gasteiger partial charge in [0.05, 0.1) is 12.1 Å². The lowest BCUT2D eigenvalue weighted by atomic mass is 10.0. The zero-order valence-corrected chi connectivity index (χ0v) is 14.1. The van der Waals surface area contributed by atoms with E-state index in [0.717, 1.165) is 32.8 Å². The third-order valence-corrected chi connectivity index (χ3v) is 4.47. The minimum Gasteiger partial charge on any atom is -0.449 e. The predicted octanol–water partition coefficient (Wildman–Crippen LogP) is 5.35. The maximum atomic E-state index is 13.7. The van der Waals surface area contributed by atoms with Gasteiger partial charge in [0.1, 0.15) is 5.82 Å². The van der Waals surface area contributed by atoms with Crippen LogP contribution in [0, 0.1) is 12.7 Å². The van der Waals surface area contributed by atoms with E-state index in [2.05, 4.69) is 0 Å². The lowest BCUT2D eigenvalue weighted by Crippen LogP contribution is -2.09. The SMILES string of the molecule is Cc1ccc2c(c1)cc(OC(=O)O)n2Cc1cccc2ccc(F)cc12. The van der Waals surface area contributed by atoms with E-state index < -0.39 is 6.16 Å². The van der Waals surface area contributed by atoms with Crippen molar-refractivity contribution >= 4 is 27.8 Å². The molecule has 1 aromatic heterocycles. The molecule has 4 rings (SSSR count). The number of carboxylic acid groups (broad SMARTS) is 1. The summed E-state index contributed by atoms with van der Waals surface area (Å²) in [5.41, 5.74) is 2.82. The molecule has 0 aliphatic heterocycles. The monoisotopic (exact) mass is 349 g/mol. The van der Waals surface area contributed by atoms with Crippen molar-refractivity contribution in [2.75, 3.05) is 0 Å². The van der Waals surface area contributed by atoms with Gasteiger partial charge in [0.25, 0.3) is 0 Å².